The molecule has 0 radical (unpaired) electrons. The number of nitrogens with zero attached hydrogens (tertiary/aromatic N) is 2. The number of hydrogen-bond donors (Lipinski definition) is 2. The Morgan fingerprint density at radius 1 is 0.625 bits per heavy atom. The minimum atomic E-state index is -1.82. The largest absolute Gasteiger partial charge is 0.489 e. The molecular weight excluding hydrogens is 504 g/mol. The molecule has 206 valence electrons. The molecule has 1 fully saturated rings. The summed E-state index contributed by atoms with van der Waals surface area (Å²) in [5.41, 5.74) is 5.26. The van der Waals surface area contributed by atoms with Gasteiger partial charge in [0.25, 0.3) is 0 Å². The zero-order chi connectivity index (χ0) is 28.2. The molecule has 0 aromatic heterocycles. The van der Waals surface area contributed by atoms with Crippen molar-refractivity contribution in [2.45, 2.75) is 19.2 Å². The van der Waals surface area contributed by atoms with Crippen LogP contribution in [0.15, 0.2) is 115 Å². The van der Waals surface area contributed by atoms with E-state index in [1.54, 1.807) is 0 Å². The molecule has 4 aromatic rings. The van der Waals surface area contributed by atoms with Crippen molar-refractivity contribution in [2.75, 3.05) is 26.2 Å². The van der Waals surface area contributed by atoms with Crippen LogP contribution in [0.3, 0.4) is 0 Å². The maximum atomic E-state index is 9.10. The van der Waals surface area contributed by atoms with Crippen LogP contribution in [0.5, 0.6) is 5.75 Å². The first-order valence-electron chi connectivity index (χ1n) is 13.3. The number of aliphatic carboxylic acids is 2. The highest BCUT2D eigenvalue weighted by Gasteiger charge is 2.26. The molecule has 1 aliphatic heterocycles. The van der Waals surface area contributed by atoms with Gasteiger partial charge in [-0.2, -0.15) is 0 Å². The molecule has 0 atom stereocenters. The predicted molar refractivity (Wildman–Crippen MR) is 154 cm³/mol. The lowest BCUT2D eigenvalue weighted by Gasteiger charge is -2.39. The molecule has 1 heterocycles. The fourth-order valence-corrected chi connectivity index (χ4v) is 4.75. The van der Waals surface area contributed by atoms with Crippen molar-refractivity contribution in [3.63, 3.8) is 0 Å². The third-order valence-corrected chi connectivity index (χ3v) is 6.76. The van der Waals surface area contributed by atoms with Gasteiger partial charge >= 0.3 is 11.9 Å². The Hall–Kier alpha value is -4.46. The smallest absolute Gasteiger partial charge is 0.414 e. The van der Waals surface area contributed by atoms with Crippen LogP contribution in [-0.2, 0) is 22.7 Å². The SMILES string of the molecule is O=C(O)C(=O)O.c1ccc(COc2ccc(CN3CCN(C(c4ccccc4)c4ccccc4)CC3)cc2)cc1. The molecule has 1 saturated heterocycles. The topological polar surface area (TPSA) is 90.3 Å². The predicted octanol–water partition coefficient (Wildman–Crippen LogP) is 5.33. The zero-order valence-electron chi connectivity index (χ0n) is 22.3. The number of benzene rings is 4. The minimum absolute atomic E-state index is 0.311. The van der Waals surface area contributed by atoms with Gasteiger partial charge in [-0.15, -0.1) is 0 Å². The standard InChI is InChI=1S/C31H32N2O.C2H2O4/c1-4-10-27(11-5-1)25-34-30-18-16-26(17-19-30)24-32-20-22-33(23-21-32)31(28-12-6-2-7-13-28)29-14-8-3-9-15-29;3-1(4)2(5)6/h1-19,31H,20-25H2;(H,3,4)(H,5,6). The molecule has 1 aliphatic rings. The second kappa shape index (κ2) is 14.6. The van der Waals surface area contributed by atoms with Crippen LogP contribution < -0.4 is 4.74 Å². The summed E-state index contributed by atoms with van der Waals surface area (Å²) in [6.07, 6.45) is 0. The van der Waals surface area contributed by atoms with Gasteiger partial charge in [0.1, 0.15) is 12.4 Å². The van der Waals surface area contributed by atoms with E-state index in [0.717, 1.165) is 38.5 Å². The summed E-state index contributed by atoms with van der Waals surface area (Å²) in [6.45, 7) is 5.85. The molecule has 5 rings (SSSR count). The van der Waals surface area contributed by atoms with Gasteiger partial charge in [0, 0.05) is 32.7 Å². The molecule has 0 bridgehead atoms. The fraction of sp³-hybridized carbons (Fsp3) is 0.212. The van der Waals surface area contributed by atoms with E-state index in [0.29, 0.717) is 12.6 Å². The molecule has 40 heavy (non-hydrogen) atoms. The Balaban J connectivity index is 0.000000557. The second-order valence-corrected chi connectivity index (χ2v) is 9.56. The van der Waals surface area contributed by atoms with E-state index in [4.69, 9.17) is 24.5 Å². The van der Waals surface area contributed by atoms with E-state index >= 15 is 0 Å². The number of carboxylic acid groups (broad SMARTS) is 2. The van der Waals surface area contributed by atoms with Crippen LogP contribution in [-0.4, -0.2) is 58.1 Å². The van der Waals surface area contributed by atoms with E-state index < -0.39 is 11.9 Å². The first-order valence-corrected chi connectivity index (χ1v) is 13.3. The van der Waals surface area contributed by atoms with Crippen molar-refractivity contribution in [3.8, 4) is 5.75 Å². The van der Waals surface area contributed by atoms with Crippen LogP contribution in [0.4, 0.5) is 0 Å². The Morgan fingerprint density at radius 3 is 1.57 bits per heavy atom. The third kappa shape index (κ3) is 8.53. The van der Waals surface area contributed by atoms with Crippen molar-refractivity contribution < 1.29 is 24.5 Å². The first-order chi connectivity index (χ1) is 19.5. The monoisotopic (exact) mass is 538 g/mol. The molecule has 0 spiro atoms. The maximum Gasteiger partial charge on any atom is 0.414 e. The fourth-order valence-electron chi connectivity index (χ4n) is 4.75. The lowest BCUT2D eigenvalue weighted by atomic mass is 9.96. The molecule has 0 aliphatic carbocycles. The number of piperazine rings is 1. The molecular formula is C33H34N2O5. The number of hydrogen-bond acceptors (Lipinski definition) is 5. The van der Waals surface area contributed by atoms with E-state index in [1.807, 2.05) is 18.2 Å². The van der Waals surface area contributed by atoms with E-state index in [1.165, 1.54) is 22.3 Å². The van der Waals surface area contributed by atoms with Crippen molar-refractivity contribution in [2.24, 2.45) is 0 Å². The summed E-state index contributed by atoms with van der Waals surface area (Å²) in [4.78, 5) is 23.4. The van der Waals surface area contributed by atoms with Crippen LogP contribution >= 0.6 is 0 Å². The number of carbonyl (C=O) groups is 2. The first kappa shape index (κ1) is 28.5. The highest BCUT2D eigenvalue weighted by atomic mass is 16.5. The summed E-state index contributed by atoms with van der Waals surface area (Å²) in [7, 11) is 0. The van der Waals surface area contributed by atoms with Gasteiger partial charge < -0.3 is 14.9 Å². The van der Waals surface area contributed by atoms with Crippen LogP contribution in [0, 0.1) is 0 Å². The highest BCUT2D eigenvalue weighted by molar-refractivity contribution is 6.27. The van der Waals surface area contributed by atoms with Gasteiger partial charge in [-0.25, -0.2) is 9.59 Å². The lowest BCUT2D eigenvalue weighted by Crippen LogP contribution is -2.47. The van der Waals surface area contributed by atoms with E-state index in [2.05, 4.69) is 107 Å². The molecule has 0 amide bonds. The quantitative estimate of drug-likeness (QED) is 0.293. The van der Waals surface area contributed by atoms with Gasteiger partial charge in [-0.3, -0.25) is 9.80 Å². The second-order valence-electron chi connectivity index (χ2n) is 9.56. The van der Waals surface area contributed by atoms with Crippen LogP contribution in [0.2, 0.25) is 0 Å². The van der Waals surface area contributed by atoms with Crippen LogP contribution in [0.25, 0.3) is 0 Å². The highest BCUT2D eigenvalue weighted by Crippen LogP contribution is 2.29. The van der Waals surface area contributed by atoms with Gasteiger partial charge in [0.2, 0.25) is 0 Å². The van der Waals surface area contributed by atoms with Gasteiger partial charge in [-0.1, -0.05) is 103 Å². The van der Waals surface area contributed by atoms with Crippen molar-refractivity contribution >= 4 is 11.9 Å². The molecule has 7 heteroatoms. The van der Waals surface area contributed by atoms with E-state index in [9.17, 15) is 0 Å². The average molecular weight is 539 g/mol. The Labute approximate surface area is 234 Å². The van der Waals surface area contributed by atoms with Crippen molar-refractivity contribution in [1.82, 2.24) is 9.80 Å². The van der Waals surface area contributed by atoms with Crippen LogP contribution in [0.1, 0.15) is 28.3 Å². The maximum absolute atomic E-state index is 9.10. The third-order valence-electron chi connectivity index (χ3n) is 6.76. The Kier molecular flexibility index (Phi) is 10.4. The summed E-state index contributed by atoms with van der Waals surface area (Å²) in [6, 6.07) is 41.0. The summed E-state index contributed by atoms with van der Waals surface area (Å²) >= 11 is 0. The summed E-state index contributed by atoms with van der Waals surface area (Å²) < 4.78 is 5.94. The lowest BCUT2D eigenvalue weighted by molar-refractivity contribution is -0.159. The average Bonchev–Trinajstić information content (AvgIpc) is 3.00. The number of carboxylic acids is 2. The molecule has 7 nitrogen and oxygen atoms in total. The minimum Gasteiger partial charge on any atom is -0.489 e. The summed E-state index contributed by atoms with van der Waals surface area (Å²) in [5, 5.41) is 14.8. The normalized spacial score (nSPS) is 13.7. The molecule has 0 saturated carbocycles. The zero-order valence-corrected chi connectivity index (χ0v) is 22.3. The summed E-state index contributed by atoms with van der Waals surface area (Å²) in [5.74, 6) is -2.73. The van der Waals surface area contributed by atoms with Crippen molar-refractivity contribution in [3.05, 3.63) is 138 Å². The Morgan fingerprint density at radius 2 is 1.10 bits per heavy atom. The Bertz CT molecular complexity index is 1270. The molecule has 2 N–H and O–H groups in total. The van der Waals surface area contributed by atoms with Gasteiger partial charge in [0.15, 0.2) is 0 Å². The number of rotatable bonds is 8. The molecule has 4 aromatic carbocycles. The van der Waals surface area contributed by atoms with Gasteiger partial charge in [-0.05, 0) is 34.4 Å². The van der Waals surface area contributed by atoms with Crippen molar-refractivity contribution in [1.29, 1.82) is 0 Å². The molecule has 0 unspecified atom stereocenters. The number of ether oxygens (including phenoxy) is 1. The van der Waals surface area contributed by atoms with Gasteiger partial charge in [0.05, 0.1) is 6.04 Å². The van der Waals surface area contributed by atoms with E-state index in [-0.39, 0.29) is 0 Å².